The first-order chi connectivity index (χ1) is 8.69. The molecule has 2 aromatic rings. The van der Waals surface area contributed by atoms with Crippen LogP contribution in [-0.4, -0.2) is 23.0 Å². The third-order valence-electron chi connectivity index (χ3n) is 2.38. The number of hydrogen-bond donors (Lipinski definition) is 2. The molecule has 0 aliphatic heterocycles. The third-order valence-corrected chi connectivity index (χ3v) is 2.38. The minimum atomic E-state index is -0.470. The van der Waals surface area contributed by atoms with Gasteiger partial charge in [-0.3, -0.25) is 15.1 Å². The van der Waals surface area contributed by atoms with Gasteiger partial charge in [0.25, 0.3) is 5.91 Å². The number of rotatable bonds is 5. The van der Waals surface area contributed by atoms with Crippen molar-refractivity contribution in [3.8, 4) is 0 Å². The number of nitrogens with two attached hydrogens (primary N) is 1. The predicted octanol–water partition coefficient (Wildman–Crippen LogP) is 0.503. The third kappa shape index (κ3) is 2.96. The summed E-state index contributed by atoms with van der Waals surface area (Å²) in [6, 6.07) is 3.46. The molecule has 0 aliphatic carbocycles. The number of nitrogen functional groups attached to an aromatic ring is 1. The van der Waals surface area contributed by atoms with Crippen LogP contribution in [0.2, 0.25) is 0 Å². The number of nitrogens with zero attached hydrogens (tertiary/aromatic N) is 2. The van der Waals surface area contributed by atoms with E-state index in [4.69, 9.17) is 14.8 Å². The average molecular weight is 250 g/mol. The van der Waals surface area contributed by atoms with Crippen molar-refractivity contribution in [2.45, 2.75) is 13.1 Å². The summed E-state index contributed by atoms with van der Waals surface area (Å²) in [5.74, 6) is 5.13. The normalized spacial score (nSPS) is 10.8. The van der Waals surface area contributed by atoms with Crippen LogP contribution in [0.1, 0.15) is 21.8 Å². The molecule has 7 heteroatoms. The molecule has 0 spiro atoms. The Kier molecular flexibility index (Phi) is 3.75. The van der Waals surface area contributed by atoms with Crippen LogP contribution in [0.3, 0.4) is 0 Å². The van der Waals surface area contributed by atoms with Crippen molar-refractivity contribution in [3.63, 3.8) is 0 Å². The number of hydrazine groups is 1. The molecule has 7 nitrogen and oxygen atoms in total. The van der Waals surface area contributed by atoms with Crippen molar-refractivity contribution in [2.24, 2.45) is 5.84 Å². The van der Waals surface area contributed by atoms with Crippen molar-refractivity contribution in [1.29, 1.82) is 0 Å². The first-order valence-electron chi connectivity index (χ1n) is 5.35. The molecule has 0 bridgehead atoms. The van der Waals surface area contributed by atoms with Crippen LogP contribution in [0.5, 0.6) is 0 Å². The Bertz CT molecular complexity index is 506. The van der Waals surface area contributed by atoms with Crippen molar-refractivity contribution in [1.82, 2.24) is 15.5 Å². The molecular formula is C11H14N4O3. The van der Waals surface area contributed by atoms with Crippen molar-refractivity contribution < 1.29 is 13.7 Å². The van der Waals surface area contributed by atoms with Gasteiger partial charge in [0.2, 0.25) is 0 Å². The zero-order valence-electron chi connectivity index (χ0n) is 9.92. The summed E-state index contributed by atoms with van der Waals surface area (Å²) in [5.41, 5.74) is 3.23. The first kappa shape index (κ1) is 12.3. The van der Waals surface area contributed by atoms with Crippen LogP contribution < -0.4 is 11.3 Å². The Morgan fingerprint density at radius 2 is 2.39 bits per heavy atom. The standard InChI is InChI=1S/C11H14N4O3/c1-15(5-8-2-3-17-7-8)6-9-4-10(14-18-9)11(16)13-12/h2-4,7H,5-6,12H2,1H3,(H,13,16). The molecule has 0 radical (unpaired) electrons. The van der Waals surface area contributed by atoms with Crippen LogP contribution in [0, 0.1) is 0 Å². The number of carbonyl (C=O) groups is 1. The number of aromatic nitrogens is 1. The molecule has 18 heavy (non-hydrogen) atoms. The first-order valence-corrected chi connectivity index (χ1v) is 5.35. The lowest BCUT2D eigenvalue weighted by Crippen LogP contribution is -2.30. The summed E-state index contributed by atoms with van der Waals surface area (Å²) in [6.45, 7) is 1.26. The Balaban J connectivity index is 1.92. The molecule has 0 saturated heterocycles. The summed E-state index contributed by atoms with van der Waals surface area (Å²) in [6.07, 6.45) is 3.31. The van der Waals surface area contributed by atoms with E-state index in [1.165, 1.54) is 0 Å². The Labute approximate surface area is 103 Å². The molecule has 2 rings (SSSR count). The molecule has 0 unspecified atom stereocenters. The molecular weight excluding hydrogens is 236 g/mol. The topological polar surface area (TPSA) is 97.5 Å². The maximum Gasteiger partial charge on any atom is 0.287 e. The predicted molar refractivity (Wildman–Crippen MR) is 62.0 cm³/mol. The fraction of sp³-hybridized carbons (Fsp3) is 0.273. The van der Waals surface area contributed by atoms with Gasteiger partial charge in [0, 0.05) is 18.2 Å². The molecule has 2 aromatic heterocycles. The fourth-order valence-corrected chi connectivity index (χ4v) is 1.58. The van der Waals surface area contributed by atoms with Crippen LogP contribution in [0.25, 0.3) is 0 Å². The summed E-state index contributed by atoms with van der Waals surface area (Å²) in [4.78, 5) is 13.2. The second kappa shape index (κ2) is 5.48. The maximum atomic E-state index is 11.2. The summed E-state index contributed by atoms with van der Waals surface area (Å²) in [7, 11) is 1.93. The van der Waals surface area contributed by atoms with Crippen LogP contribution in [0.15, 0.2) is 33.6 Å². The Morgan fingerprint density at radius 3 is 3.06 bits per heavy atom. The summed E-state index contributed by atoms with van der Waals surface area (Å²) >= 11 is 0. The lowest BCUT2D eigenvalue weighted by Gasteiger charge is -2.12. The summed E-state index contributed by atoms with van der Waals surface area (Å²) in [5, 5.41) is 3.62. The van der Waals surface area contributed by atoms with Gasteiger partial charge >= 0.3 is 0 Å². The van der Waals surface area contributed by atoms with E-state index in [1.807, 2.05) is 23.4 Å². The van der Waals surface area contributed by atoms with E-state index in [0.717, 1.165) is 12.1 Å². The smallest absolute Gasteiger partial charge is 0.287 e. The van der Waals surface area contributed by atoms with Gasteiger partial charge in [-0.15, -0.1) is 0 Å². The van der Waals surface area contributed by atoms with Crippen LogP contribution in [0.4, 0.5) is 0 Å². The zero-order chi connectivity index (χ0) is 13.0. The largest absolute Gasteiger partial charge is 0.472 e. The van der Waals surface area contributed by atoms with Gasteiger partial charge in [0.15, 0.2) is 11.5 Å². The fourth-order valence-electron chi connectivity index (χ4n) is 1.58. The molecule has 0 atom stereocenters. The van der Waals surface area contributed by atoms with E-state index in [9.17, 15) is 4.79 Å². The molecule has 0 fully saturated rings. The lowest BCUT2D eigenvalue weighted by atomic mass is 10.3. The molecule has 0 saturated carbocycles. The molecule has 0 aromatic carbocycles. The highest BCUT2D eigenvalue weighted by molar-refractivity contribution is 5.91. The van der Waals surface area contributed by atoms with E-state index in [2.05, 4.69) is 5.16 Å². The molecule has 0 aliphatic rings. The minimum absolute atomic E-state index is 0.171. The van der Waals surface area contributed by atoms with E-state index >= 15 is 0 Å². The van der Waals surface area contributed by atoms with Gasteiger partial charge in [0.05, 0.1) is 19.1 Å². The SMILES string of the molecule is CN(Cc1ccoc1)Cc1cc(C(=O)NN)no1. The van der Waals surface area contributed by atoms with E-state index in [-0.39, 0.29) is 5.69 Å². The highest BCUT2D eigenvalue weighted by Crippen LogP contribution is 2.09. The molecule has 1 amide bonds. The average Bonchev–Trinajstić information content (AvgIpc) is 2.99. The molecule has 2 heterocycles. The quantitative estimate of drug-likeness (QED) is 0.455. The monoisotopic (exact) mass is 250 g/mol. The second-order valence-electron chi connectivity index (χ2n) is 3.96. The van der Waals surface area contributed by atoms with Crippen molar-refractivity contribution in [2.75, 3.05) is 7.05 Å². The lowest BCUT2D eigenvalue weighted by molar-refractivity contribution is 0.0944. The zero-order valence-corrected chi connectivity index (χ0v) is 9.92. The van der Waals surface area contributed by atoms with Gasteiger partial charge in [-0.25, -0.2) is 5.84 Å². The van der Waals surface area contributed by atoms with Crippen molar-refractivity contribution in [3.05, 3.63) is 41.7 Å². The Hall–Kier alpha value is -2.12. The van der Waals surface area contributed by atoms with Gasteiger partial charge in [0.1, 0.15) is 0 Å². The van der Waals surface area contributed by atoms with E-state index < -0.39 is 5.91 Å². The van der Waals surface area contributed by atoms with Gasteiger partial charge < -0.3 is 8.94 Å². The Morgan fingerprint density at radius 1 is 1.56 bits per heavy atom. The summed E-state index contributed by atoms with van der Waals surface area (Å²) < 4.78 is 10.0. The number of furan rings is 1. The number of nitrogens with one attached hydrogen (secondary N) is 1. The van der Waals surface area contributed by atoms with Gasteiger partial charge in [-0.1, -0.05) is 5.16 Å². The van der Waals surface area contributed by atoms with E-state index in [1.54, 1.807) is 18.6 Å². The number of carbonyl (C=O) groups excluding carboxylic acids is 1. The highest BCUT2D eigenvalue weighted by atomic mass is 16.5. The van der Waals surface area contributed by atoms with Crippen LogP contribution in [-0.2, 0) is 13.1 Å². The number of hydrogen-bond acceptors (Lipinski definition) is 6. The number of amides is 1. The second-order valence-corrected chi connectivity index (χ2v) is 3.96. The highest BCUT2D eigenvalue weighted by Gasteiger charge is 2.12. The van der Waals surface area contributed by atoms with Crippen LogP contribution >= 0.6 is 0 Å². The van der Waals surface area contributed by atoms with E-state index in [0.29, 0.717) is 12.3 Å². The van der Waals surface area contributed by atoms with Gasteiger partial charge in [-0.05, 0) is 13.1 Å². The van der Waals surface area contributed by atoms with Gasteiger partial charge in [-0.2, -0.15) is 0 Å². The molecule has 96 valence electrons. The maximum absolute atomic E-state index is 11.2. The molecule has 3 N–H and O–H groups in total. The minimum Gasteiger partial charge on any atom is -0.472 e. The van der Waals surface area contributed by atoms with Crippen molar-refractivity contribution >= 4 is 5.91 Å².